The zero-order valence-corrected chi connectivity index (χ0v) is 25.5. The maximum Gasteiger partial charge on any atom is 0.397 e. The molecule has 0 aliphatic heterocycles. The van der Waals surface area contributed by atoms with E-state index in [-0.39, 0.29) is 33.0 Å². The van der Waals surface area contributed by atoms with E-state index >= 15 is 0 Å². The van der Waals surface area contributed by atoms with Crippen molar-refractivity contribution in [2.45, 2.75) is 112 Å². The van der Waals surface area contributed by atoms with Gasteiger partial charge in [0.15, 0.2) is 0 Å². The van der Waals surface area contributed by atoms with Crippen molar-refractivity contribution in [2.75, 3.05) is 7.11 Å². The van der Waals surface area contributed by atoms with Crippen LogP contribution < -0.4 is 0 Å². The number of carbonyl (C=O) groups excluding carboxylic acids is 1. The van der Waals surface area contributed by atoms with Gasteiger partial charge in [0, 0.05) is 0 Å². The van der Waals surface area contributed by atoms with Gasteiger partial charge in [-0.25, -0.2) is 4.18 Å². The van der Waals surface area contributed by atoms with Gasteiger partial charge in [0.2, 0.25) is 0 Å². The number of hydrogen-bond acceptors (Lipinski definition) is 5. The molecular formula is C31H50O6S. The van der Waals surface area contributed by atoms with E-state index in [1.165, 1.54) is 5.57 Å². The van der Waals surface area contributed by atoms with Crippen LogP contribution >= 0.6 is 0 Å². The lowest BCUT2D eigenvalue weighted by Gasteiger charge is -2.72. The third-order valence-electron chi connectivity index (χ3n) is 13.8. The van der Waals surface area contributed by atoms with Gasteiger partial charge in [-0.2, -0.15) is 8.42 Å². The van der Waals surface area contributed by atoms with E-state index < -0.39 is 16.5 Å². The van der Waals surface area contributed by atoms with Crippen LogP contribution in [0.1, 0.15) is 106 Å². The van der Waals surface area contributed by atoms with Crippen LogP contribution in [0, 0.1) is 56.7 Å². The van der Waals surface area contributed by atoms with E-state index in [2.05, 4.69) is 48.1 Å². The van der Waals surface area contributed by atoms with Crippen molar-refractivity contribution >= 4 is 16.4 Å². The molecule has 38 heavy (non-hydrogen) atoms. The standard InChI is InChI=1S/C31H50O6S/c1-19(2)20-11-16-31(26(32)36-8)18-17-29(6)21(25(20)31)9-10-23-28(5)14-13-24(37-38(33,34)35)27(3,4)22(28)12-15-30(23,29)7/h20-25H,1,9-18H2,2-8H3,(H,33,34,35)/t20-,21+,22-,23+,24+,25+,28-,29+,30+,31-/m0/s1. The van der Waals surface area contributed by atoms with Crippen molar-refractivity contribution in [1.82, 2.24) is 0 Å². The van der Waals surface area contributed by atoms with Crippen LogP contribution in [0.4, 0.5) is 0 Å². The van der Waals surface area contributed by atoms with Gasteiger partial charge < -0.3 is 4.74 Å². The molecule has 10 atom stereocenters. The molecule has 0 heterocycles. The predicted octanol–water partition coefficient (Wildman–Crippen LogP) is 7.01. The minimum Gasteiger partial charge on any atom is -0.469 e. The summed E-state index contributed by atoms with van der Waals surface area (Å²) in [6, 6.07) is 0. The van der Waals surface area contributed by atoms with Gasteiger partial charge >= 0.3 is 16.4 Å². The molecule has 5 aliphatic rings. The zero-order chi connectivity index (χ0) is 28.1. The summed E-state index contributed by atoms with van der Waals surface area (Å²) in [5.74, 6) is 1.98. The first-order valence-corrected chi connectivity index (χ1v) is 16.2. The first-order valence-electron chi connectivity index (χ1n) is 14.9. The normalized spacial score (nSPS) is 49.7. The molecule has 5 fully saturated rings. The van der Waals surface area contributed by atoms with Crippen LogP contribution in [0.25, 0.3) is 0 Å². The fourth-order valence-electron chi connectivity index (χ4n) is 12.0. The highest BCUT2D eigenvalue weighted by Gasteiger charge is 2.72. The number of ether oxygens (including phenoxy) is 1. The average molecular weight is 551 g/mol. The molecule has 0 aromatic carbocycles. The zero-order valence-electron chi connectivity index (χ0n) is 24.6. The van der Waals surface area contributed by atoms with Gasteiger partial charge in [0.25, 0.3) is 0 Å². The summed E-state index contributed by atoms with van der Waals surface area (Å²) in [5.41, 5.74) is 0.815. The van der Waals surface area contributed by atoms with Gasteiger partial charge in [-0.15, -0.1) is 0 Å². The van der Waals surface area contributed by atoms with Crippen molar-refractivity contribution < 1.29 is 26.7 Å². The van der Waals surface area contributed by atoms with Crippen LogP contribution in [0.5, 0.6) is 0 Å². The summed E-state index contributed by atoms with van der Waals surface area (Å²) >= 11 is 0. The lowest BCUT2D eigenvalue weighted by Crippen LogP contribution is -2.67. The Morgan fingerprint density at radius 1 is 0.868 bits per heavy atom. The summed E-state index contributed by atoms with van der Waals surface area (Å²) in [4.78, 5) is 13.4. The van der Waals surface area contributed by atoms with Gasteiger partial charge in [-0.3, -0.25) is 9.35 Å². The molecule has 0 spiro atoms. The molecule has 5 aliphatic carbocycles. The Labute approximate surface area is 230 Å². The van der Waals surface area contributed by atoms with E-state index in [4.69, 9.17) is 8.92 Å². The molecule has 0 unspecified atom stereocenters. The Morgan fingerprint density at radius 2 is 1.55 bits per heavy atom. The Balaban J connectivity index is 1.52. The second-order valence-electron chi connectivity index (χ2n) is 15.2. The van der Waals surface area contributed by atoms with E-state index in [1.54, 1.807) is 7.11 Å². The molecule has 0 bridgehead atoms. The summed E-state index contributed by atoms with van der Waals surface area (Å²) in [6.07, 6.45) is 9.34. The van der Waals surface area contributed by atoms with E-state index in [0.717, 1.165) is 57.8 Å². The average Bonchev–Trinajstić information content (AvgIpc) is 3.21. The lowest BCUT2D eigenvalue weighted by atomic mass is 9.32. The van der Waals surface area contributed by atoms with E-state index in [9.17, 15) is 17.8 Å². The van der Waals surface area contributed by atoms with Crippen molar-refractivity contribution in [3.05, 3.63) is 12.2 Å². The van der Waals surface area contributed by atoms with Crippen molar-refractivity contribution in [3.8, 4) is 0 Å². The number of esters is 1. The fraction of sp³-hybridized carbons (Fsp3) is 0.903. The highest BCUT2D eigenvalue weighted by Crippen LogP contribution is 2.77. The molecule has 0 aromatic rings. The molecule has 7 heteroatoms. The third-order valence-corrected chi connectivity index (χ3v) is 14.3. The third kappa shape index (κ3) is 3.69. The lowest BCUT2D eigenvalue weighted by molar-refractivity contribution is -0.246. The summed E-state index contributed by atoms with van der Waals surface area (Å²) in [7, 11) is -2.94. The quantitative estimate of drug-likeness (QED) is 0.230. The van der Waals surface area contributed by atoms with Crippen molar-refractivity contribution in [1.29, 1.82) is 0 Å². The Bertz CT molecular complexity index is 1110. The van der Waals surface area contributed by atoms with Crippen LogP contribution in [0.15, 0.2) is 12.2 Å². The maximum atomic E-state index is 13.4. The van der Waals surface area contributed by atoms with Crippen LogP contribution in [0.3, 0.4) is 0 Å². The molecule has 5 rings (SSSR count). The molecule has 6 nitrogen and oxygen atoms in total. The van der Waals surface area contributed by atoms with Crippen molar-refractivity contribution in [3.63, 3.8) is 0 Å². The first kappa shape index (κ1) is 28.6. The Kier molecular flexibility index (Phi) is 6.61. The Morgan fingerprint density at radius 3 is 2.16 bits per heavy atom. The molecule has 0 amide bonds. The van der Waals surface area contributed by atoms with Crippen LogP contribution in [-0.4, -0.2) is 32.2 Å². The number of methoxy groups -OCH3 is 1. The minimum absolute atomic E-state index is 0.00449. The summed E-state index contributed by atoms with van der Waals surface area (Å²) in [6.45, 7) is 18.4. The van der Waals surface area contributed by atoms with Crippen LogP contribution in [-0.2, 0) is 24.1 Å². The topological polar surface area (TPSA) is 89.9 Å². The predicted molar refractivity (Wildman–Crippen MR) is 147 cm³/mol. The van der Waals surface area contributed by atoms with Crippen molar-refractivity contribution in [2.24, 2.45) is 56.7 Å². The molecule has 5 saturated carbocycles. The van der Waals surface area contributed by atoms with E-state index in [0.29, 0.717) is 36.0 Å². The summed E-state index contributed by atoms with van der Waals surface area (Å²) < 4.78 is 43.5. The Hall–Kier alpha value is -0.920. The van der Waals surface area contributed by atoms with Crippen LogP contribution in [0.2, 0.25) is 0 Å². The SMILES string of the molecule is C=C(C)[C@@H]1CC[C@]2(C(=O)OC)CC[C@]3(C)[C@H](CC[C@@H]4[C@@]5(C)CC[C@@H](OS(=O)(=O)O)C(C)(C)[C@@H]5CC[C@]43C)[C@@H]12. The minimum atomic E-state index is -4.49. The number of rotatable bonds is 4. The molecule has 216 valence electrons. The maximum absolute atomic E-state index is 13.4. The second kappa shape index (κ2) is 8.79. The van der Waals surface area contributed by atoms with Gasteiger partial charge in [-0.05, 0) is 122 Å². The molecule has 0 saturated heterocycles. The second-order valence-corrected chi connectivity index (χ2v) is 16.3. The number of carbonyl (C=O) groups is 1. The number of fused-ring (bicyclic) bond motifs is 7. The molecule has 0 radical (unpaired) electrons. The fourth-order valence-corrected chi connectivity index (χ4v) is 12.6. The highest BCUT2D eigenvalue weighted by molar-refractivity contribution is 7.80. The highest BCUT2D eigenvalue weighted by atomic mass is 32.3. The largest absolute Gasteiger partial charge is 0.469 e. The van der Waals surface area contributed by atoms with Gasteiger partial charge in [0.1, 0.15) is 0 Å². The molecular weight excluding hydrogens is 500 g/mol. The summed E-state index contributed by atoms with van der Waals surface area (Å²) in [5, 5.41) is 0. The smallest absolute Gasteiger partial charge is 0.397 e. The van der Waals surface area contributed by atoms with Gasteiger partial charge in [-0.1, -0.05) is 46.8 Å². The van der Waals surface area contributed by atoms with Gasteiger partial charge in [0.05, 0.1) is 18.6 Å². The first-order chi connectivity index (χ1) is 17.5. The molecule has 1 N–H and O–H groups in total. The molecule has 0 aromatic heterocycles. The van der Waals surface area contributed by atoms with E-state index in [1.807, 2.05) is 0 Å². The number of hydrogen-bond donors (Lipinski definition) is 1. The monoisotopic (exact) mass is 550 g/mol. The number of allylic oxidation sites excluding steroid dienone is 1.